The Morgan fingerprint density at radius 1 is 1.02 bits per heavy atom. The van der Waals surface area contributed by atoms with Crippen molar-refractivity contribution in [2.45, 2.75) is 24.5 Å². The molecular formula is C30H29F3N6O2S. The van der Waals surface area contributed by atoms with Gasteiger partial charge in [-0.1, -0.05) is 12.1 Å². The summed E-state index contributed by atoms with van der Waals surface area (Å²) in [5.74, 6) is 0.0263. The first-order chi connectivity index (χ1) is 20.2. The highest BCUT2D eigenvalue weighted by Crippen LogP contribution is 2.32. The number of anilines is 3. The number of hydrogen-bond donors (Lipinski definition) is 2. The van der Waals surface area contributed by atoms with Crippen molar-refractivity contribution in [3.05, 3.63) is 89.4 Å². The molecule has 1 fully saturated rings. The molecule has 0 bridgehead atoms. The van der Waals surface area contributed by atoms with Crippen LogP contribution in [0.1, 0.15) is 27.2 Å². The molecule has 2 N–H and O–H groups in total. The number of hydrogen-bond acceptors (Lipinski definition) is 8. The highest BCUT2D eigenvalue weighted by atomic mass is 32.2. The molecule has 2 aromatic heterocycles. The fourth-order valence-electron chi connectivity index (χ4n) is 4.44. The molecule has 0 atom stereocenters. The maximum Gasteiger partial charge on any atom is 0.433 e. The summed E-state index contributed by atoms with van der Waals surface area (Å²) in [5.41, 5.74) is 3.91. The van der Waals surface area contributed by atoms with Crippen LogP contribution < -0.4 is 10.6 Å². The van der Waals surface area contributed by atoms with E-state index in [0.29, 0.717) is 27.4 Å². The minimum Gasteiger partial charge on any atom is -0.379 e. The minimum atomic E-state index is -4.52. The lowest BCUT2D eigenvalue weighted by Crippen LogP contribution is -2.35. The second-order valence-electron chi connectivity index (χ2n) is 9.73. The van der Waals surface area contributed by atoms with Crippen molar-refractivity contribution in [3.8, 4) is 11.3 Å². The minimum absolute atomic E-state index is 0.231. The number of nitrogens with one attached hydrogen (secondary N) is 2. The molecule has 218 valence electrons. The van der Waals surface area contributed by atoms with Crippen molar-refractivity contribution in [2.75, 3.05) is 43.2 Å². The largest absolute Gasteiger partial charge is 0.433 e. The molecule has 0 radical (unpaired) electrons. The van der Waals surface area contributed by atoms with E-state index >= 15 is 0 Å². The maximum atomic E-state index is 13.0. The lowest BCUT2D eigenvalue weighted by Gasteiger charge is -2.26. The number of carbonyl (C=O) groups is 1. The number of aromatic nitrogens is 3. The summed E-state index contributed by atoms with van der Waals surface area (Å²) in [5, 5.41) is 6.11. The highest BCUT2D eigenvalue weighted by Gasteiger charge is 2.32. The number of pyridine rings is 1. The van der Waals surface area contributed by atoms with Gasteiger partial charge in [-0.25, -0.2) is 9.97 Å². The van der Waals surface area contributed by atoms with Crippen LogP contribution in [0.3, 0.4) is 0 Å². The van der Waals surface area contributed by atoms with Crippen LogP contribution in [0, 0.1) is 6.92 Å². The number of rotatable bonds is 8. The Kier molecular flexibility index (Phi) is 9.05. The normalized spacial score (nSPS) is 14.0. The zero-order chi connectivity index (χ0) is 29.7. The van der Waals surface area contributed by atoms with Gasteiger partial charge in [0.05, 0.1) is 23.8 Å². The first-order valence-electron chi connectivity index (χ1n) is 13.2. The van der Waals surface area contributed by atoms with E-state index in [4.69, 9.17) is 4.74 Å². The Morgan fingerprint density at radius 2 is 1.79 bits per heavy atom. The third-order valence-electron chi connectivity index (χ3n) is 6.77. The SMILES string of the molecule is CSc1cnc(Nc2ccc(C(=O)Nc3cc(CN4CCOCC4)ccc3C)cc2)nc1-c1ccc(C(F)(F)F)nc1. The number of amides is 1. The van der Waals surface area contributed by atoms with Crippen molar-refractivity contribution >= 4 is 35.0 Å². The van der Waals surface area contributed by atoms with Gasteiger partial charge in [-0.3, -0.25) is 14.7 Å². The summed E-state index contributed by atoms with van der Waals surface area (Å²) in [7, 11) is 0. The number of aryl methyl sites for hydroxylation is 1. The molecule has 0 saturated carbocycles. The van der Waals surface area contributed by atoms with Gasteiger partial charge in [-0.2, -0.15) is 13.2 Å². The number of benzene rings is 2. The Labute approximate surface area is 245 Å². The van der Waals surface area contributed by atoms with E-state index in [0.717, 1.165) is 61.9 Å². The van der Waals surface area contributed by atoms with Crippen LogP contribution in [0.4, 0.5) is 30.5 Å². The van der Waals surface area contributed by atoms with Gasteiger partial charge >= 0.3 is 6.18 Å². The van der Waals surface area contributed by atoms with E-state index in [1.165, 1.54) is 17.8 Å². The Balaban J connectivity index is 1.26. The van der Waals surface area contributed by atoms with Gasteiger partial charge in [0.15, 0.2) is 0 Å². The first kappa shape index (κ1) is 29.5. The van der Waals surface area contributed by atoms with E-state index in [2.05, 4.69) is 36.6 Å². The molecule has 0 spiro atoms. The number of morpholine rings is 1. The van der Waals surface area contributed by atoms with Crippen LogP contribution in [-0.4, -0.2) is 58.3 Å². The Hall–Kier alpha value is -4.00. The summed E-state index contributed by atoms with van der Waals surface area (Å²) in [6.45, 7) is 5.98. The van der Waals surface area contributed by atoms with Gasteiger partial charge in [-0.05, 0) is 66.8 Å². The lowest BCUT2D eigenvalue weighted by molar-refractivity contribution is -0.141. The first-order valence-corrected chi connectivity index (χ1v) is 14.4. The quantitative estimate of drug-likeness (QED) is 0.226. The van der Waals surface area contributed by atoms with Gasteiger partial charge in [0.25, 0.3) is 5.91 Å². The van der Waals surface area contributed by atoms with Crippen LogP contribution in [0.15, 0.2) is 71.9 Å². The molecule has 4 aromatic rings. The number of thioether (sulfide) groups is 1. The Morgan fingerprint density at radius 3 is 2.45 bits per heavy atom. The molecule has 12 heteroatoms. The van der Waals surface area contributed by atoms with Crippen molar-refractivity contribution in [2.24, 2.45) is 0 Å². The standard InChI is InChI=1S/C30H29F3N6O2S/c1-19-3-4-20(18-39-11-13-41-14-12-39)15-24(19)37-28(40)21-5-8-23(9-6-21)36-29-35-17-25(42-2)27(38-29)22-7-10-26(34-16-22)30(31,32)33/h3-10,15-17H,11-14,18H2,1-2H3,(H,37,40)(H,35,36,38). The number of nitrogens with zero attached hydrogens (tertiary/aromatic N) is 4. The molecular weight excluding hydrogens is 565 g/mol. The summed E-state index contributed by atoms with van der Waals surface area (Å²) in [6.07, 6.45) is 0.0686. The molecule has 0 unspecified atom stereocenters. The van der Waals surface area contributed by atoms with E-state index in [-0.39, 0.29) is 11.9 Å². The molecule has 1 amide bonds. The van der Waals surface area contributed by atoms with Gasteiger partial charge in [0.2, 0.25) is 5.95 Å². The average Bonchev–Trinajstić information content (AvgIpc) is 2.99. The fraction of sp³-hybridized carbons (Fsp3) is 0.267. The van der Waals surface area contributed by atoms with Crippen molar-refractivity contribution in [1.29, 1.82) is 0 Å². The van der Waals surface area contributed by atoms with Crippen LogP contribution in [-0.2, 0) is 17.5 Å². The molecule has 5 rings (SSSR count). The zero-order valence-electron chi connectivity index (χ0n) is 23.0. The van der Waals surface area contributed by atoms with E-state index in [1.54, 1.807) is 30.5 Å². The topological polar surface area (TPSA) is 92.3 Å². The smallest absolute Gasteiger partial charge is 0.379 e. The Bertz CT molecular complexity index is 1540. The van der Waals surface area contributed by atoms with Gasteiger partial charge < -0.3 is 15.4 Å². The molecule has 42 heavy (non-hydrogen) atoms. The molecule has 3 heterocycles. The van der Waals surface area contributed by atoms with E-state index < -0.39 is 11.9 Å². The van der Waals surface area contributed by atoms with E-state index in [9.17, 15) is 18.0 Å². The summed E-state index contributed by atoms with van der Waals surface area (Å²) < 4.78 is 44.2. The van der Waals surface area contributed by atoms with Crippen LogP contribution in [0.2, 0.25) is 0 Å². The highest BCUT2D eigenvalue weighted by molar-refractivity contribution is 7.98. The van der Waals surface area contributed by atoms with Crippen molar-refractivity contribution in [1.82, 2.24) is 19.9 Å². The number of ether oxygens (including phenoxy) is 1. The predicted molar refractivity (Wildman–Crippen MR) is 157 cm³/mol. The molecule has 1 saturated heterocycles. The maximum absolute atomic E-state index is 13.0. The van der Waals surface area contributed by atoms with Crippen LogP contribution in [0.5, 0.6) is 0 Å². The van der Waals surface area contributed by atoms with Crippen molar-refractivity contribution < 1.29 is 22.7 Å². The second kappa shape index (κ2) is 12.9. The van der Waals surface area contributed by atoms with Crippen LogP contribution in [0.25, 0.3) is 11.3 Å². The number of alkyl halides is 3. The number of carbonyl (C=O) groups excluding carboxylic acids is 1. The number of halogens is 3. The van der Waals surface area contributed by atoms with Gasteiger partial charge in [0, 0.05) is 54.5 Å². The predicted octanol–water partition coefficient (Wildman–Crippen LogP) is 6.42. The summed E-state index contributed by atoms with van der Waals surface area (Å²) in [6, 6.07) is 15.2. The average molecular weight is 595 g/mol. The molecule has 1 aliphatic rings. The second-order valence-corrected chi connectivity index (χ2v) is 10.6. The van der Waals surface area contributed by atoms with Gasteiger partial charge in [-0.15, -0.1) is 11.8 Å². The monoisotopic (exact) mass is 594 g/mol. The lowest BCUT2D eigenvalue weighted by atomic mass is 10.1. The van der Waals surface area contributed by atoms with E-state index in [1.807, 2.05) is 25.3 Å². The van der Waals surface area contributed by atoms with Crippen LogP contribution >= 0.6 is 11.8 Å². The molecule has 8 nitrogen and oxygen atoms in total. The molecule has 2 aromatic carbocycles. The molecule has 0 aliphatic carbocycles. The third kappa shape index (κ3) is 7.25. The zero-order valence-corrected chi connectivity index (χ0v) is 23.9. The third-order valence-corrected chi connectivity index (χ3v) is 7.50. The summed E-state index contributed by atoms with van der Waals surface area (Å²) >= 11 is 1.38. The summed E-state index contributed by atoms with van der Waals surface area (Å²) in [4.78, 5) is 28.4. The van der Waals surface area contributed by atoms with Gasteiger partial charge in [0.1, 0.15) is 5.69 Å². The fourth-order valence-corrected chi connectivity index (χ4v) is 4.95. The molecule has 1 aliphatic heterocycles. The van der Waals surface area contributed by atoms with Crippen molar-refractivity contribution in [3.63, 3.8) is 0 Å².